The number of aromatic nitrogens is 3. The van der Waals surface area contributed by atoms with Crippen LogP contribution in [0.3, 0.4) is 0 Å². The van der Waals surface area contributed by atoms with Crippen LogP contribution in [0.25, 0.3) is 11.2 Å². The summed E-state index contributed by atoms with van der Waals surface area (Å²) in [6, 6.07) is 16.8. The van der Waals surface area contributed by atoms with Gasteiger partial charge in [0.05, 0.1) is 6.54 Å². The minimum atomic E-state index is -0.341. The van der Waals surface area contributed by atoms with Crippen molar-refractivity contribution in [1.82, 2.24) is 14.5 Å². The third-order valence-corrected chi connectivity index (χ3v) is 5.70. The summed E-state index contributed by atoms with van der Waals surface area (Å²) in [5, 5.41) is 1.27. The number of fused-ring (bicyclic) bond motifs is 1. The highest BCUT2D eigenvalue weighted by Gasteiger charge is 2.14. The lowest BCUT2D eigenvalue weighted by Crippen LogP contribution is -2.03. The average molecular weight is 398 g/mol. The summed E-state index contributed by atoms with van der Waals surface area (Å²) in [6.07, 6.45) is 1.75. The molecular formula is C21H17ClFN3S. The van der Waals surface area contributed by atoms with Crippen LogP contribution < -0.4 is 0 Å². The minimum absolute atomic E-state index is 0.341. The number of rotatable bonds is 5. The molecule has 0 aliphatic rings. The predicted molar refractivity (Wildman–Crippen MR) is 109 cm³/mol. The van der Waals surface area contributed by atoms with Crippen LogP contribution in [0, 0.1) is 12.7 Å². The number of hydrogen-bond donors (Lipinski definition) is 0. The fourth-order valence-corrected chi connectivity index (χ4v) is 4.03. The first-order valence-electron chi connectivity index (χ1n) is 8.54. The molecule has 0 saturated heterocycles. The number of nitrogens with zero attached hydrogens (tertiary/aromatic N) is 3. The minimum Gasteiger partial charge on any atom is -0.299 e. The van der Waals surface area contributed by atoms with Crippen molar-refractivity contribution < 1.29 is 4.39 Å². The van der Waals surface area contributed by atoms with Crippen molar-refractivity contribution in [2.45, 2.75) is 24.4 Å². The van der Waals surface area contributed by atoms with E-state index < -0.39 is 0 Å². The molecule has 0 amide bonds. The van der Waals surface area contributed by atoms with E-state index in [9.17, 15) is 4.39 Å². The lowest BCUT2D eigenvalue weighted by molar-refractivity contribution is 0.625. The lowest BCUT2D eigenvalue weighted by Gasteiger charge is -2.10. The van der Waals surface area contributed by atoms with Gasteiger partial charge in [-0.15, -0.1) is 0 Å². The fourth-order valence-electron chi connectivity index (χ4n) is 2.84. The summed E-state index contributed by atoms with van der Waals surface area (Å²) in [7, 11) is 0. The molecule has 0 aliphatic carbocycles. The Morgan fingerprint density at radius 1 is 1.11 bits per heavy atom. The van der Waals surface area contributed by atoms with Crippen LogP contribution in [0.15, 0.2) is 66.0 Å². The van der Waals surface area contributed by atoms with Crippen LogP contribution in [0.5, 0.6) is 0 Å². The van der Waals surface area contributed by atoms with Crippen molar-refractivity contribution in [3.05, 3.63) is 88.3 Å². The van der Waals surface area contributed by atoms with E-state index in [0.29, 0.717) is 11.6 Å². The number of benzene rings is 2. The molecule has 0 aliphatic heterocycles. The van der Waals surface area contributed by atoms with Gasteiger partial charge in [-0.05, 0) is 42.3 Å². The number of hydrogen-bond acceptors (Lipinski definition) is 3. The molecule has 27 heavy (non-hydrogen) atoms. The first kappa shape index (κ1) is 18.0. The monoisotopic (exact) mass is 397 g/mol. The summed E-state index contributed by atoms with van der Waals surface area (Å²) in [6.45, 7) is 2.57. The number of halogens is 2. The largest absolute Gasteiger partial charge is 0.299 e. The Bertz CT molecular complexity index is 1090. The Balaban J connectivity index is 1.67. The molecule has 0 unspecified atom stereocenters. The Labute approximate surface area is 166 Å². The molecule has 2 aromatic carbocycles. The normalized spacial score (nSPS) is 11.2. The highest BCUT2D eigenvalue weighted by molar-refractivity contribution is 7.98. The molecule has 136 valence electrons. The summed E-state index contributed by atoms with van der Waals surface area (Å²) in [4.78, 5) is 9.22. The molecular weight excluding hydrogens is 381 g/mol. The Morgan fingerprint density at radius 2 is 1.93 bits per heavy atom. The third-order valence-electron chi connectivity index (χ3n) is 4.30. The second-order valence-electron chi connectivity index (χ2n) is 6.34. The van der Waals surface area contributed by atoms with E-state index in [1.807, 2.05) is 16.7 Å². The zero-order valence-corrected chi connectivity index (χ0v) is 16.3. The van der Waals surface area contributed by atoms with E-state index in [4.69, 9.17) is 16.6 Å². The van der Waals surface area contributed by atoms with Gasteiger partial charge in [0.1, 0.15) is 11.3 Å². The van der Waals surface area contributed by atoms with Crippen LogP contribution in [0.2, 0.25) is 5.02 Å². The summed E-state index contributed by atoms with van der Waals surface area (Å²) >= 11 is 7.89. The van der Waals surface area contributed by atoms with E-state index in [2.05, 4.69) is 36.2 Å². The molecule has 0 radical (unpaired) electrons. The van der Waals surface area contributed by atoms with Gasteiger partial charge in [-0.1, -0.05) is 59.3 Å². The summed E-state index contributed by atoms with van der Waals surface area (Å²) < 4.78 is 15.4. The molecule has 4 aromatic rings. The molecule has 0 N–H and O–H groups in total. The standard InChI is InChI=1S/C21H17ClFN3S/c1-14-4-6-15(7-5-14)13-27-21-25-19-3-2-10-24-20(19)26(21)12-16-8-9-17(23)11-18(16)22/h2-11H,12-13H2,1H3. The van der Waals surface area contributed by atoms with Crippen molar-refractivity contribution in [1.29, 1.82) is 0 Å². The van der Waals surface area contributed by atoms with E-state index in [-0.39, 0.29) is 5.82 Å². The van der Waals surface area contributed by atoms with Gasteiger partial charge in [0.15, 0.2) is 10.8 Å². The second-order valence-corrected chi connectivity index (χ2v) is 7.69. The molecule has 3 nitrogen and oxygen atoms in total. The topological polar surface area (TPSA) is 30.7 Å². The van der Waals surface area contributed by atoms with Gasteiger partial charge in [-0.3, -0.25) is 4.57 Å². The van der Waals surface area contributed by atoms with E-state index in [1.165, 1.54) is 23.3 Å². The molecule has 2 aromatic heterocycles. The van der Waals surface area contributed by atoms with Gasteiger partial charge < -0.3 is 0 Å². The van der Waals surface area contributed by atoms with Crippen LogP contribution in [-0.2, 0) is 12.3 Å². The van der Waals surface area contributed by atoms with Gasteiger partial charge in [0, 0.05) is 17.0 Å². The summed E-state index contributed by atoms with van der Waals surface area (Å²) in [5.41, 5.74) is 4.94. The van der Waals surface area contributed by atoms with Crippen molar-refractivity contribution in [3.8, 4) is 0 Å². The lowest BCUT2D eigenvalue weighted by atomic mass is 10.2. The third kappa shape index (κ3) is 3.99. The number of thioether (sulfide) groups is 1. The zero-order chi connectivity index (χ0) is 18.8. The zero-order valence-electron chi connectivity index (χ0n) is 14.7. The Hall–Kier alpha value is -2.37. The van der Waals surface area contributed by atoms with Gasteiger partial charge in [-0.25, -0.2) is 14.4 Å². The van der Waals surface area contributed by atoms with E-state index in [0.717, 1.165) is 27.6 Å². The van der Waals surface area contributed by atoms with Crippen LogP contribution >= 0.6 is 23.4 Å². The molecule has 0 atom stereocenters. The van der Waals surface area contributed by atoms with Crippen LogP contribution in [0.1, 0.15) is 16.7 Å². The predicted octanol–water partition coefficient (Wildman–Crippen LogP) is 5.87. The molecule has 0 bridgehead atoms. The Morgan fingerprint density at radius 3 is 2.70 bits per heavy atom. The van der Waals surface area contributed by atoms with E-state index in [1.54, 1.807) is 24.0 Å². The smallest absolute Gasteiger partial charge is 0.170 e. The molecule has 0 fully saturated rings. The van der Waals surface area contributed by atoms with Crippen molar-refractivity contribution in [2.75, 3.05) is 0 Å². The maximum Gasteiger partial charge on any atom is 0.170 e. The fraction of sp³-hybridized carbons (Fsp3) is 0.143. The first-order chi connectivity index (χ1) is 13.1. The maximum atomic E-state index is 13.4. The van der Waals surface area contributed by atoms with Crippen LogP contribution in [0.4, 0.5) is 4.39 Å². The SMILES string of the molecule is Cc1ccc(CSc2nc3cccnc3n2Cc2ccc(F)cc2Cl)cc1. The quantitative estimate of drug-likeness (QED) is 0.394. The maximum absolute atomic E-state index is 13.4. The Kier molecular flexibility index (Phi) is 5.14. The van der Waals surface area contributed by atoms with E-state index >= 15 is 0 Å². The molecule has 2 heterocycles. The van der Waals surface area contributed by atoms with Gasteiger partial charge in [0.25, 0.3) is 0 Å². The molecule has 0 saturated carbocycles. The number of imidazole rings is 1. The van der Waals surface area contributed by atoms with Crippen molar-refractivity contribution >= 4 is 34.5 Å². The molecule has 4 rings (SSSR count). The molecule has 6 heteroatoms. The average Bonchev–Trinajstić information content (AvgIpc) is 3.01. The highest BCUT2D eigenvalue weighted by Crippen LogP contribution is 2.28. The van der Waals surface area contributed by atoms with Gasteiger partial charge >= 0.3 is 0 Å². The van der Waals surface area contributed by atoms with Crippen molar-refractivity contribution in [2.24, 2.45) is 0 Å². The van der Waals surface area contributed by atoms with Crippen molar-refractivity contribution in [3.63, 3.8) is 0 Å². The van der Waals surface area contributed by atoms with Crippen LogP contribution in [-0.4, -0.2) is 14.5 Å². The van der Waals surface area contributed by atoms with Gasteiger partial charge in [0.2, 0.25) is 0 Å². The first-order valence-corrected chi connectivity index (χ1v) is 9.90. The number of aryl methyl sites for hydroxylation is 1. The number of pyridine rings is 1. The highest BCUT2D eigenvalue weighted by atomic mass is 35.5. The molecule has 0 spiro atoms. The van der Waals surface area contributed by atoms with Gasteiger partial charge in [-0.2, -0.15) is 0 Å². The second kappa shape index (κ2) is 7.71. The summed E-state index contributed by atoms with van der Waals surface area (Å²) in [5.74, 6) is 0.465.